The lowest BCUT2D eigenvalue weighted by Gasteiger charge is -2.24. The van der Waals surface area contributed by atoms with Crippen molar-refractivity contribution in [3.8, 4) is 66.8 Å². The first-order valence-corrected chi connectivity index (χ1v) is 51.9. The Labute approximate surface area is 853 Å². The van der Waals surface area contributed by atoms with Gasteiger partial charge in [0.15, 0.2) is 0 Å². The number of para-hydroxylation sites is 8. The van der Waals surface area contributed by atoms with Crippen LogP contribution in [0.3, 0.4) is 0 Å². The van der Waals surface area contributed by atoms with Crippen molar-refractivity contribution in [2.45, 2.75) is 77.0 Å². The van der Waals surface area contributed by atoms with Gasteiger partial charge < -0.3 is 32.3 Å². The standard InChI is InChI=1S/5C21H17N.C21H19N.C13H11N/c1-13-14-7-3-4-8-15(14)18-11-19-16-9-5-6-10-20(16)22(2)21(19)12-17(13)18;1-13-14-7-3-4-8-15(14)18-12-21-19(11-17(13)18)16-9-5-6-10-20(16)22(21)2;1-13-14-7-3-4-8-16(14)20-15(13)11-12-19-21(20)17-9-5-6-10-18(17)22(19)2;1-13-14-7-3-4-8-15(14)16-11-12-19-21(20(13)16)17-9-5-6-10-18(17)22(19)2;1-13-14-7-3-4-8-15(14)17-11-12-18-16-9-5-6-10-19(16)22(2)21(18)20(13)17;1-15-17-11-6-7-12-18(17)19-13-8-14-20(21(15)19)22(2)16-9-4-3-5-10-16;1-14-12-8-4-2-6-10(12)11-7-3-5-9-13(11)14/h5*3-13H,1-2H3;3-15H,1-2H3;2-9H,1H3. The average molecular weight is 1880 g/mol. The molecule has 0 fully saturated rings. The summed E-state index contributed by atoms with van der Waals surface area (Å²) in [5, 5.41) is 16.4. The van der Waals surface area contributed by atoms with E-state index in [1.807, 2.05) is 0 Å². The van der Waals surface area contributed by atoms with Crippen LogP contribution in [0, 0.1) is 0 Å². The second kappa shape index (κ2) is 35.3. The fraction of sp³-hybridized carbons (Fsp3) is 0.137. The van der Waals surface area contributed by atoms with Crippen LogP contribution in [0.25, 0.3) is 198 Å². The Hall–Kier alpha value is -17.0. The van der Waals surface area contributed by atoms with Crippen molar-refractivity contribution >= 4 is 142 Å². The molecular formula is C139H115N7. The molecule has 7 heteroatoms. The number of rotatable bonds is 2. The molecule has 7 nitrogen and oxygen atoms in total. The van der Waals surface area contributed by atoms with Gasteiger partial charge in [0.2, 0.25) is 0 Å². The first-order chi connectivity index (χ1) is 71.5. The molecule has 20 aromatic carbocycles. The van der Waals surface area contributed by atoms with Gasteiger partial charge in [-0.1, -0.05) is 369 Å². The third kappa shape index (κ3) is 13.7. The van der Waals surface area contributed by atoms with Crippen molar-refractivity contribution in [2.75, 3.05) is 11.9 Å². The number of hydrogen-bond donors (Lipinski definition) is 0. The highest BCUT2D eigenvalue weighted by atomic mass is 15.1. The van der Waals surface area contributed by atoms with E-state index in [0.717, 1.165) is 0 Å². The van der Waals surface area contributed by atoms with Gasteiger partial charge in [-0.05, 0) is 231 Å². The van der Waals surface area contributed by atoms with Crippen LogP contribution in [0.1, 0.15) is 144 Å². The van der Waals surface area contributed by atoms with Crippen LogP contribution in [0.5, 0.6) is 0 Å². The molecule has 0 aliphatic heterocycles. The van der Waals surface area contributed by atoms with E-state index in [4.69, 9.17) is 0 Å². The lowest BCUT2D eigenvalue weighted by molar-refractivity contribution is 0.936. The topological polar surface area (TPSA) is 32.8 Å². The van der Waals surface area contributed by atoms with E-state index in [1.165, 1.54) is 276 Å². The maximum Gasteiger partial charge on any atom is 0.0533 e. The van der Waals surface area contributed by atoms with Crippen LogP contribution in [-0.2, 0) is 42.3 Å². The number of hydrogen-bond acceptors (Lipinski definition) is 1. The fourth-order valence-corrected chi connectivity index (χ4v) is 26.6. The highest BCUT2D eigenvalue weighted by Crippen LogP contribution is 2.57. The number of aromatic nitrogens is 6. The Bertz CT molecular complexity index is 9710. The van der Waals surface area contributed by atoms with Gasteiger partial charge in [0.05, 0.1) is 5.52 Å². The molecule has 0 saturated heterocycles. The molecule has 0 radical (unpaired) electrons. The fourth-order valence-electron chi connectivity index (χ4n) is 26.6. The van der Waals surface area contributed by atoms with E-state index in [9.17, 15) is 0 Å². The molecule has 6 aromatic heterocycles. The van der Waals surface area contributed by atoms with Crippen LogP contribution in [0.4, 0.5) is 11.4 Å². The zero-order valence-electron chi connectivity index (χ0n) is 85.0. The van der Waals surface area contributed by atoms with Gasteiger partial charge in [-0.2, -0.15) is 0 Å². The number of fused-ring (bicyclic) bond motifs is 39. The lowest BCUT2D eigenvalue weighted by atomic mass is 9.95. The third-order valence-corrected chi connectivity index (χ3v) is 33.9. The van der Waals surface area contributed by atoms with Crippen LogP contribution in [-0.4, -0.2) is 34.5 Å². The summed E-state index contributed by atoms with van der Waals surface area (Å²) in [6.07, 6.45) is 0. The SMILES string of the molecule is CC1c2ccccc2-c2c1ccc1c2c2ccccc2n1C.CC1c2ccccc2-c2cc3c(cc21)c1ccccc1n3C.CC1c2ccccc2-c2cc3c4ccccc4n(C)c3cc21.CC1c2ccccc2-c2ccc3c(c21)c1ccccc1n3C.CC1c2ccccc2-c2ccc3c4ccccc4n(C)c3c21.CC1c2ccccc2-c2cccc(N(C)c3ccccc3)c21.Cn1c2ccccc2c2ccccc21. The Morgan fingerprint density at radius 3 is 0.986 bits per heavy atom. The van der Waals surface area contributed by atoms with Crippen molar-refractivity contribution in [2.24, 2.45) is 42.3 Å². The monoisotopic (exact) mass is 1880 g/mol. The molecule has 706 valence electrons. The average Bonchev–Trinajstić information content (AvgIpc) is 1.63. The van der Waals surface area contributed by atoms with Crippen molar-refractivity contribution in [3.05, 3.63) is 491 Å². The van der Waals surface area contributed by atoms with Gasteiger partial charge >= 0.3 is 0 Å². The molecule has 0 N–H and O–H groups in total. The zero-order chi connectivity index (χ0) is 98.9. The Morgan fingerprint density at radius 1 is 0.171 bits per heavy atom. The summed E-state index contributed by atoms with van der Waals surface area (Å²) >= 11 is 0. The van der Waals surface area contributed by atoms with Gasteiger partial charge in [0, 0.05) is 222 Å². The highest BCUT2D eigenvalue weighted by molar-refractivity contribution is 6.19. The predicted octanol–water partition coefficient (Wildman–Crippen LogP) is 36.2. The molecule has 0 amide bonds. The van der Waals surface area contributed by atoms with Crippen LogP contribution < -0.4 is 4.90 Å². The molecule has 6 aliphatic rings. The largest absolute Gasteiger partial charge is 0.344 e. The smallest absolute Gasteiger partial charge is 0.0533 e. The first kappa shape index (κ1) is 89.1. The van der Waals surface area contributed by atoms with Crippen molar-refractivity contribution in [1.82, 2.24) is 27.4 Å². The summed E-state index contributed by atoms with van der Waals surface area (Å²) < 4.78 is 13.9. The molecule has 0 saturated carbocycles. The van der Waals surface area contributed by atoms with E-state index in [1.54, 1.807) is 0 Å². The lowest BCUT2D eigenvalue weighted by Crippen LogP contribution is -2.12. The summed E-state index contributed by atoms with van der Waals surface area (Å²) in [5.41, 5.74) is 52.7. The van der Waals surface area contributed by atoms with E-state index in [-0.39, 0.29) is 0 Å². The minimum atomic E-state index is 0.438. The second-order valence-corrected chi connectivity index (χ2v) is 41.1. The summed E-state index contributed by atoms with van der Waals surface area (Å²) in [7, 11) is 15.1. The van der Waals surface area contributed by atoms with Crippen LogP contribution in [0.2, 0.25) is 0 Å². The van der Waals surface area contributed by atoms with Gasteiger partial charge in [-0.25, -0.2) is 0 Å². The minimum Gasteiger partial charge on any atom is -0.344 e. The summed E-state index contributed by atoms with van der Waals surface area (Å²) in [5.74, 6) is 2.80. The third-order valence-electron chi connectivity index (χ3n) is 33.9. The van der Waals surface area contributed by atoms with E-state index in [2.05, 4.69) is 548 Å². The van der Waals surface area contributed by atoms with Crippen LogP contribution in [0.15, 0.2) is 425 Å². The quantitative estimate of drug-likeness (QED) is 0.170. The highest BCUT2D eigenvalue weighted by Gasteiger charge is 2.36. The van der Waals surface area contributed by atoms with Gasteiger partial charge in [-0.15, -0.1) is 0 Å². The number of aryl methyl sites for hydroxylation is 6. The molecule has 6 heterocycles. The normalized spacial score (nSPS) is 15.6. The molecular weight excluding hydrogens is 1770 g/mol. The summed E-state index contributed by atoms with van der Waals surface area (Å²) in [6.45, 7) is 13.9. The second-order valence-electron chi connectivity index (χ2n) is 41.1. The Morgan fingerprint density at radius 2 is 0.479 bits per heavy atom. The van der Waals surface area contributed by atoms with Gasteiger partial charge in [-0.3, -0.25) is 0 Å². The zero-order valence-corrected chi connectivity index (χ0v) is 85.0. The van der Waals surface area contributed by atoms with Crippen molar-refractivity contribution in [3.63, 3.8) is 0 Å². The number of benzene rings is 20. The van der Waals surface area contributed by atoms with Gasteiger partial charge in [0.25, 0.3) is 0 Å². The molecule has 26 aromatic rings. The molecule has 32 rings (SSSR count). The van der Waals surface area contributed by atoms with Crippen molar-refractivity contribution < 1.29 is 0 Å². The predicted molar refractivity (Wildman–Crippen MR) is 621 cm³/mol. The summed E-state index contributed by atoms with van der Waals surface area (Å²) in [4.78, 5) is 2.29. The Kier molecular flexibility index (Phi) is 21.5. The maximum absolute atomic E-state index is 2.41. The number of anilines is 2. The molecule has 6 aliphatic carbocycles. The van der Waals surface area contributed by atoms with Crippen molar-refractivity contribution in [1.29, 1.82) is 0 Å². The molecule has 0 spiro atoms. The summed E-state index contributed by atoms with van der Waals surface area (Å²) in [6, 6.07) is 154. The Balaban J connectivity index is 0.0000000868. The maximum atomic E-state index is 2.41. The molecule has 0 bridgehead atoms. The molecule has 6 atom stereocenters. The first-order valence-electron chi connectivity index (χ1n) is 51.9. The molecule has 146 heavy (non-hydrogen) atoms. The number of nitrogens with zero attached hydrogens (tertiary/aromatic N) is 7. The van der Waals surface area contributed by atoms with E-state index < -0.39 is 0 Å². The minimum absolute atomic E-state index is 0.438. The van der Waals surface area contributed by atoms with E-state index in [0.29, 0.717) is 35.5 Å². The van der Waals surface area contributed by atoms with E-state index >= 15 is 0 Å². The molecule has 6 unspecified atom stereocenters. The van der Waals surface area contributed by atoms with Gasteiger partial charge in [0.1, 0.15) is 0 Å². The van der Waals surface area contributed by atoms with Crippen LogP contribution >= 0.6 is 0 Å².